The summed E-state index contributed by atoms with van der Waals surface area (Å²) in [5.41, 5.74) is 6.61. The van der Waals surface area contributed by atoms with Gasteiger partial charge in [0, 0.05) is 12.8 Å². The molecule has 0 amide bonds. The molecule has 7 nitrogen and oxygen atoms in total. The number of aromatic nitrogens is 2. The van der Waals surface area contributed by atoms with Crippen molar-refractivity contribution in [2.75, 3.05) is 23.8 Å². The molecule has 0 aliphatic heterocycles. The Morgan fingerprint density at radius 3 is 2.56 bits per heavy atom. The number of carbonyl (C=O) groups is 1. The summed E-state index contributed by atoms with van der Waals surface area (Å²) in [6.07, 6.45) is 0. The second kappa shape index (κ2) is 5.38. The van der Waals surface area contributed by atoms with Crippen LogP contribution < -0.4 is 5.73 Å². The van der Waals surface area contributed by atoms with Crippen LogP contribution in [0.15, 0.2) is 0 Å². The van der Waals surface area contributed by atoms with Crippen LogP contribution >= 0.6 is 0 Å². The first-order valence-electron chi connectivity index (χ1n) is 5.45. The molecular formula is C10H17N3O4S. The number of sulfone groups is 1. The van der Waals surface area contributed by atoms with Crippen LogP contribution in [0.2, 0.25) is 0 Å². The summed E-state index contributed by atoms with van der Waals surface area (Å²) in [5.74, 6) is -0.828. The third kappa shape index (κ3) is 3.22. The number of anilines is 1. The van der Waals surface area contributed by atoms with Gasteiger partial charge in [-0.2, -0.15) is 5.10 Å². The van der Waals surface area contributed by atoms with E-state index in [-0.39, 0.29) is 29.5 Å². The molecule has 102 valence electrons. The van der Waals surface area contributed by atoms with Gasteiger partial charge >= 0.3 is 5.97 Å². The van der Waals surface area contributed by atoms with Crippen LogP contribution in [0.3, 0.4) is 0 Å². The molecule has 0 atom stereocenters. The Kier molecular flexibility index (Phi) is 4.33. The third-order valence-electron chi connectivity index (χ3n) is 2.53. The molecule has 0 aliphatic rings. The molecule has 0 unspecified atom stereocenters. The Morgan fingerprint density at radius 1 is 1.50 bits per heavy atom. The summed E-state index contributed by atoms with van der Waals surface area (Å²) in [7, 11) is -1.57. The lowest BCUT2D eigenvalue weighted by molar-refractivity contribution is 0.0518. The molecule has 1 aromatic rings. The molecule has 1 aromatic heterocycles. The van der Waals surface area contributed by atoms with Crippen LogP contribution in [-0.4, -0.2) is 42.3 Å². The number of nitrogen functional groups attached to an aromatic ring is 1. The standard InChI is InChI=1S/C10H17N3O4S/c1-4-18(15,16)6-5-17-10(14)9-8(11)7(2)12-13(9)3/h4-6,11H2,1-3H3. The van der Waals surface area contributed by atoms with E-state index >= 15 is 0 Å². The highest BCUT2D eigenvalue weighted by atomic mass is 32.2. The van der Waals surface area contributed by atoms with E-state index in [2.05, 4.69) is 5.10 Å². The van der Waals surface area contributed by atoms with Gasteiger partial charge in [-0.05, 0) is 6.92 Å². The molecule has 18 heavy (non-hydrogen) atoms. The molecule has 0 aromatic carbocycles. The van der Waals surface area contributed by atoms with Crippen molar-refractivity contribution in [3.8, 4) is 0 Å². The average Bonchev–Trinajstić information content (AvgIpc) is 2.53. The SMILES string of the molecule is CCS(=O)(=O)CCOC(=O)c1c(N)c(C)nn1C. The van der Waals surface area contributed by atoms with E-state index in [0.717, 1.165) is 0 Å². The van der Waals surface area contributed by atoms with Gasteiger partial charge in [0.05, 0.1) is 17.1 Å². The number of carbonyl (C=O) groups excluding carboxylic acids is 1. The lowest BCUT2D eigenvalue weighted by atomic mass is 10.3. The molecule has 0 aliphatic carbocycles. The number of ether oxygens (including phenoxy) is 1. The summed E-state index contributed by atoms with van der Waals surface area (Å²) in [6.45, 7) is 3.03. The molecule has 0 saturated heterocycles. The van der Waals surface area contributed by atoms with Gasteiger partial charge in [-0.15, -0.1) is 0 Å². The minimum atomic E-state index is -3.14. The molecule has 8 heteroatoms. The number of nitrogens with zero attached hydrogens (tertiary/aromatic N) is 2. The van der Waals surface area contributed by atoms with E-state index in [4.69, 9.17) is 10.5 Å². The zero-order chi connectivity index (χ0) is 13.9. The van der Waals surface area contributed by atoms with E-state index < -0.39 is 15.8 Å². The third-order valence-corrected chi connectivity index (χ3v) is 4.20. The van der Waals surface area contributed by atoms with Crippen molar-refractivity contribution in [1.82, 2.24) is 9.78 Å². The van der Waals surface area contributed by atoms with Gasteiger partial charge in [0.15, 0.2) is 15.5 Å². The predicted octanol–water partition coefficient (Wildman–Crippen LogP) is -0.0978. The first kappa shape index (κ1) is 14.5. The monoisotopic (exact) mass is 275 g/mol. The highest BCUT2D eigenvalue weighted by Crippen LogP contribution is 2.16. The Bertz CT molecular complexity index is 548. The van der Waals surface area contributed by atoms with Crippen molar-refractivity contribution >= 4 is 21.5 Å². The number of hydrogen-bond donors (Lipinski definition) is 1. The summed E-state index contributed by atoms with van der Waals surface area (Å²) in [6, 6.07) is 0. The fraction of sp³-hybridized carbons (Fsp3) is 0.600. The first-order valence-corrected chi connectivity index (χ1v) is 7.27. The largest absolute Gasteiger partial charge is 0.460 e. The fourth-order valence-electron chi connectivity index (χ4n) is 1.39. The molecule has 0 fully saturated rings. The second-order valence-corrected chi connectivity index (χ2v) is 6.32. The van der Waals surface area contributed by atoms with Crippen molar-refractivity contribution in [1.29, 1.82) is 0 Å². The molecule has 0 spiro atoms. The van der Waals surface area contributed by atoms with Crippen LogP contribution in [0.1, 0.15) is 23.1 Å². The van der Waals surface area contributed by atoms with Gasteiger partial charge in [0.1, 0.15) is 6.61 Å². The van der Waals surface area contributed by atoms with E-state index in [1.807, 2.05) is 0 Å². The van der Waals surface area contributed by atoms with Crippen molar-refractivity contribution in [2.24, 2.45) is 7.05 Å². The second-order valence-electron chi connectivity index (χ2n) is 3.84. The number of rotatable bonds is 5. The zero-order valence-corrected chi connectivity index (χ0v) is 11.5. The summed E-state index contributed by atoms with van der Waals surface area (Å²) in [5, 5.41) is 3.98. The highest BCUT2D eigenvalue weighted by molar-refractivity contribution is 7.91. The Morgan fingerprint density at radius 2 is 2.11 bits per heavy atom. The smallest absolute Gasteiger partial charge is 0.358 e. The number of aryl methyl sites for hydroxylation is 2. The van der Waals surface area contributed by atoms with Gasteiger partial charge in [-0.3, -0.25) is 4.68 Å². The van der Waals surface area contributed by atoms with Crippen LogP contribution in [0.25, 0.3) is 0 Å². The zero-order valence-electron chi connectivity index (χ0n) is 10.6. The lowest BCUT2D eigenvalue weighted by Gasteiger charge is -2.05. The molecule has 0 radical (unpaired) electrons. The van der Waals surface area contributed by atoms with Crippen LogP contribution in [-0.2, 0) is 21.6 Å². The maximum Gasteiger partial charge on any atom is 0.358 e. The Balaban J connectivity index is 2.67. The molecule has 1 heterocycles. The van der Waals surface area contributed by atoms with Crippen molar-refractivity contribution in [2.45, 2.75) is 13.8 Å². The van der Waals surface area contributed by atoms with Crippen molar-refractivity contribution < 1.29 is 17.9 Å². The number of nitrogens with two attached hydrogens (primary N) is 1. The molecule has 0 bridgehead atoms. The summed E-state index contributed by atoms with van der Waals surface area (Å²) < 4.78 is 28.6. The molecule has 2 N–H and O–H groups in total. The summed E-state index contributed by atoms with van der Waals surface area (Å²) >= 11 is 0. The Hall–Kier alpha value is -1.57. The highest BCUT2D eigenvalue weighted by Gasteiger charge is 2.20. The first-order chi connectivity index (χ1) is 8.28. The fourth-order valence-corrected chi connectivity index (χ4v) is 2.02. The van der Waals surface area contributed by atoms with Gasteiger partial charge in [-0.25, -0.2) is 13.2 Å². The normalized spacial score (nSPS) is 11.5. The minimum Gasteiger partial charge on any atom is -0.460 e. The number of esters is 1. The summed E-state index contributed by atoms with van der Waals surface area (Å²) in [4.78, 5) is 11.7. The molecule has 0 saturated carbocycles. The van der Waals surface area contributed by atoms with E-state index in [1.54, 1.807) is 20.9 Å². The van der Waals surface area contributed by atoms with E-state index in [1.165, 1.54) is 4.68 Å². The van der Waals surface area contributed by atoms with Gasteiger partial charge in [0.2, 0.25) is 0 Å². The van der Waals surface area contributed by atoms with E-state index in [9.17, 15) is 13.2 Å². The van der Waals surface area contributed by atoms with Crippen LogP contribution in [0.4, 0.5) is 5.69 Å². The van der Waals surface area contributed by atoms with Crippen molar-refractivity contribution in [3.05, 3.63) is 11.4 Å². The minimum absolute atomic E-state index is 0.0253. The lowest BCUT2D eigenvalue weighted by Crippen LogP contribution is -2.19. The van der Waals surface area contributed by atoms with Gasteiger partial charge in [0.25, 0.3) is 0 Å². The quantitative estimate of drug-likeness (QED) is 0.753. The molecular weight excluding hydrogens is 258 g/mol. The van der Waals surface area contributed by atoms with Crippen molar-refractivity contribution in [3.63, 3.8) is 0 Å². The predicted molar refractivity (Wildman–Crippen MR) is 67.0 cm³/mol. The molecule has 1 rings (SSSR count). The number of hydrogen-bond acceptors (Lipinski definition) is 6. The van der Waals surface area contributed by atoms with E-state index in [0.29, 0.717) is 5.69 Å². The van der Waals surface area contributed by atoms with Gasteiger partial charge in [-0.1, -0.05) is 6.92 Å². The topological polar surface area (TPSA) is 104 Å². The maximum atomic E-state index is 11.7. The average molecular weight is 275 g/mol. The van der Waals surface area contributed by atoms with Crippen LogP contribution in [0, 0.1) is 6.92 Å². The van der Waals surface area contributed by atoms with Crippen LogP contribution in [0.5, 0.6) is 0 Å². The van der Waals surface area contributed by atoms with Gasteiger partial charge < -0.3 is 10.5 Å². The Labute approximate surface area is 106 Å². The maximum absolute atomic E-state index is 11.7.